The van der Waals surface area contributed by atoms with E-state index in [1.165, 1.54) is 4.90 Å². The Morgan fingerprint density at radius 2 is 1.34 bits per heavy atom. The van der Waals surface area contributed by atoms with Gasteiger partial charge in [-0.25, -0.2) is 9.59 Å². The van der Waals surface area contributed by atoms with Crippen molar-refractivity contribution in [3.63, 3.8) is 0 Å². The number of hydrogen-bond donors (Lipinski definition) is 2. The zero-order valence-electron chi connectivity index (χ0n) is 22.9. The number of alkyl carbamates (subject to hydrolysis) is 1. The molecule has 0 unspecified atom stereocenters. The SMILES string of the molecule is CSc1ccc(NCCCCCCN(CCCCNC(=O)OC(C)(C)C)C(=O)OC(C)(C)C)cc1. The lowest BCUT2D eigenvalue weighted by atomic mass is 10.1. The summed E-state index contributed by atoms with van der Waals surface area (Å²) in [6, 6.07) is 8.50. The molecule has 35 heavy (non-hydrogen) atoms. The van der Waals surface area contributed by atoms with Gasteiger partial charge < -0.3 is 25.0 Å². The van der Waals surface area contributed by atoms with Crippen molar-refractivity contribution in [1.82, 2.24) is 10.2 Å². The lowest BCUT2D eigenvalue weighted by Crippen LogP contribution is -2.38. The molecule has 0 atom stereocenters. The number of benzene rings is 1. The highest BCUT2D eigenvalue weighted by molar-refractivity contribution is 7.98. The number of anilines is 1. The highest BCUT2D eigenvalue weighted by atomic mass is 32.2. The molecule has 2 amide bonds. The first-order valence-electron chi connectivity index (χ1n) is 12.7. The predicted molar refractivity (Wildman–Crippen MR) is 146 cm³/mol. The van der Waals surface area contributed by atoms with Crippen LogP contribution in [0.4, 0.5) is 15.3 Å². The topological polar surface area (TPSA) is 79.9 Å². The third-order valence-electron chi connectivity index (χ3n) is 4.95. The number of nitrogens with zero attached hydrogens (tertiary/aromatic N) is 1. The first-order chi connectivity index (χ1) is 16.4. The maximum absolute atomic E-state index is 12.7. The average molecular weight is 510 g/mol. The fourth-order valence-electron chi connectivity index (χ4n) is 3.28. The summed E-state index contributed by atoms with van der Waals surface area (Å²) in [6.07, 6.45) is 7.16. The van der Waals surface area contributed by atoms with Crippen molar-refractivity contribution in [2.45, 2.75) is 96.2 Å². The van der Waals surface area contributed by atoms with E-state index in [9.17, 15) is 9.59 Å². The molecule has 0 aliphatic heterocycles. The van der Waals surface area contributed by atoms with E-state index in [2.05, 4.69) is 41.2 Å². The number of unbranched alkanes of at least 4 members (excludes halogenated alkanes) is 4. The average Bonchev–Trinajstić information content (AvgIpc) is 2.74. The van der Waals surface area contributed by atoms with Gasteiger partial charge >= 0.3 is 12.2 Å². The van der Waals surface area contributed by atoms with Crippen molar-refractivity contribution in [3.05, 3.63) is 24.3 Å². The number of hydrogen-bond acceptors (Lipinski definition) is 6. The van der Waals surface area contributed by atoms with E-state index in [0.717, 1.165) is 50.8 Å². The summed E-state index contributed by atoms with van der Waals surface area (Å²) in [6.45, 7) is 13.9. The summed E-state index contributed by atoms with van der Waals surface area (Å²) in [5.74, 6) is 0. The lowest BCUT2D eigenvalue weighted by Gasteiger charge is -2.27. The van der Waals surface area contributed by atoms with Gasteiger partial charge in [-0.05, 0) is 97.7 Å². The van der Waals surface area contributed by atoms with Crippen LogP contribution in [0.2, 0.25) is 0 Å². The maximum Gasteiger partial charge on any atom is 0.410 e. The predicted octanol–water partition coefficient (Wildman–Crippen LogP) is 6.92. The number of nitrogens with one attached hydrogen (secondary N) is 2. The number of amides is 2. The van der Waals surface area contributed by atoms with Crippen LogP contribution in [0.3, 0.4) is 0 Å². The summed E-state index contributed by atoms with van der Waals surface area (Å²) < 4.78 is 10.8. The second-order valence-corrected chi connectivity index (χ2v) is 11.6. The Morgan fingerprint density at radius 3 is 1.91 bits per heavy atom. The van der Waals surface area contributed by atoms with Gasteiger partial charge in [-0.15, -0.1) is 11.8 Å². The summed E-state index contributed by atoms with van der Waals surface area (Å²) in [4.78, 5) is 27.5. The quantitative estimate of drug-likeness (QED) is 0.209. The molecule has 2 N–H and O–H groups in total. The highest BCUT2D eigenvalue weighted by Gasteiger charge is 2.21. The second-order valence-electron chi connectivity index (χ2n) is 10.7. The standard InChI is InChI=1S/C27H47N3O4S/c1-26(2,3)33-24(31)29-19-11-13-21-30(25(32)34-27(4,5)6)20-12-9-8-10-18-28-22-14-16-23(35-7)17-15-22/h14-17,28H,8-13,18-21H2,1-7H3,(H,29,31). The Bertz CT molecular complexity index is 742. The van der Waals surface area contributed by atoms with Crippen molar-refractivity contribution in [3.8, 4) is 0 Å². The molecule has 0 spiro atoms. The third-order valence-corrected chi connectivity index (χ3v) is 5.69. The Balaban J connectivity index is 2.31. The van der Waals surface area contributed by atoms with Crippen LogP contribution >= 0.6 is 11.8 Å². The van der Waals surface area contributed by atoms with Crippen molar-refractivity contribution in [2.24, 2.45) is 0 Å². The fourth-order valence-corrected chi connectivity index (χ4v) is 3.68. The number of thioether (sulfide) groups is 1. The minimum atomic E-state index is -0.521. The molecule has 1 aromatic carbocycles. The molecule has 8 heteroatoms. The molecule has 0 heterocycles. The van der Waals surface area contributed by atoms with E-state index >= 15 is 0 Å². The van der Waals surface area contributed by atoms with Crippen LogP contribution in [0.5, 0.6) is 0 Å². The van der Waals surface area contributed by atoms with Gasteiger partial charge in [0.25, 0.3) is 0 Å². The van der Waals surface area contributed by atoms with Crippen LogP contribution in [0.25, 0.3) is 0 Å². The fraction of sp³-hybridized carbons (Fsp3) is 0.704. The van der Waals surface area contributed by atoms with Crippen LogP contribution in [0.15, 0.2) is 29.2 Å². The summed E-state index contributed by atoms with van der Waals surface area (Å²) in [7, 11) is 0. The molecule has 0 aromatic heterocycles. The molecule has 0 radical (unpaired) electrons. The Hall–Kier alpha value is -2.09. The van der Waals surface area contributed by atoms with Crippen molar-refractivity contribution in [1.29, 1.82) is 0 Å². The molecule has 0 bridgehead atoms. The van der Waals surface area contributed by atoms with Crippen molar-refractivity contribution >= 4 is 29.6 Å². The van der Waals surface area contributed by atoms with Crippen LogP contribution in [0, 0.1) is 0 Å². The third kappa shape index (κ3) is 16.3. The van der Waals surface area contributed by atoms with E-state index in [0.29, 0.717) is 19.6 Å². The Morgan fingerprint density at radius 1 is 0.800 bits per heavy atom. The van der Waals surface area contributed by atoms with Gasteiger partial charge in [0.05, 0.1) is 0 Å². The molecule has 0 saturated heterocycles. The van der Waals surface area contributed by atoms with Gasteiger partial charge in [0.15, 0.2) is 0 Å². The summed E-state index contributed by atoms with van der Waals surface area (Å²) >= 11 is 1.75. The molecule has 0 aliphatic carbocycles. The molecular formula is C27H47N3O4S. The van der Waals surface area contributed by atoms with Gasteiger partial charge in [0, 0.05) is 36.8 Å². The molecule has 0 saturated carbocycles. The van der Waals surface area contributed by atoms with Gasteiger partial charge in [-0.1, -0.05) is 12.8 Å². The van der Waals surface area contributed by atoms with Crippen LogP contribution in [0.1, 0.15) is 80.1 Å². The first-order valence-corrected chi connectivity index (χ1v) is 13.9. The molecule has 0 fully saturated rings. The maximum atomic E-state index is 12.7. The monoisotopic (exact) mass is 509 g/mol. The van der Waals surface area contributed by atoms with E-state index < -0.39 is 17.3 Å². The molecule has 200 valence electrons. The smallest absolute Gasteiger partial charge is 0.410 e. The van der Waals surface area contributed by atoms with Crippen molar-refractivity contribution in [2.75, 3.05) is 37.8 Å². The molecule has 1 aromatic rings. The van der Waals surface area contributed by atoms with E-state index in [-0.39, 0.29) is 6.09 Å². The number of carbonyl (C=O) groups is 2. The summed E-state index contributed by atoms with van der Waals surface area (Å²) in [5, 5.41) is 6.23. The largest absolute Gasteiger partial charge is 0.444 e. The molecule has 1 rings (SSSR count). The van der Waals surface area contributed by atoms with Gasteiger partial charge in [0.1, 0.15) is 11.2 Å². The van der Waals surface area contributed by atoms with E-state index in [1.807, 2.05) is 41.5 Å². The Kier molecular flexibility index (Phi) is 14.0. The number of ether oxygens (including phenoxy) is 2. The lowest BCUT2D eigenvalue weighted by molar-refractivity contribution is 0.0241. The highest BCUT2D eigenvalue weighted by Crippen LogP contribution is 2.17. The van der Waals surface area contributed by atoms with E-state index in [1.54, 1.807) is 16.7 Å². The molecule has 0 aliphatic rings. The van der Waals surface area contributed by atoms with Gasteiger partial charge in [-0.2, -0.15) is 0 Å². The molecular weight excluding hydrogens is 462 g/mol. The van der Waals surface area contributed by atoms with E-state index in [4.69, 9.17) is 9.47 Å². The second kappa shape index (κ2) is 15.8. The Labute approximate surface area is 217 Å². The van der Waals surface area contributed by atoms with Crippen molar-refractivity contribution < 1.29 is 19.1 Å². The van der Waals surface area contributed by atoms with Crippen LogP contribution in [-0.2, 0) is 9.47 Å². The van der Waals surface area contributed by atoms with Crippen LogP contribution < -0.4 is 10.6 Å². The van der Waals surface area contributed by atoms with Gasteiger partial charge in [-0.3, -0.25) is 0 Å². The van der Waals surface area contributed by atoms with Gasteiger partial charge in [0.2, 0.25) is 0 Å². The first kappa shape index (κ1) is 30.9. The number of carbonyl (C=O) groups excluding carboxylic acids is 2. The normalized spacial score (nSPS) is 11.6. The zero-order valence-corrected chi connectivity index (χ0v) is 23.7. The summed E-state index contributed by atoms with van der Waals surface area (Å²) in [5.41, 5.74) is 0.125. The number of rotatable bonds is 14. The minimum absolute atomic E-state index is 0.270. The minimum Gasteiger partial charge on any atom is -0.444 e. The zero-order chi connectivity index (χ0) is 26.3. The molecule has 7 nitrogen and oxygen atoms in total. The van der Waals surface area contributed by atoms with Crippen LogP contribution in [-0.4, -0.2) is 60.7 Å².